The molecular formula is C27H40Y3-2. The maximum atomic E-state index is 2.12. The van der Waals surface area contributed by atoms with E-state index < -0.39 is 0 Å². The summed E-state index contributed by atoms with van der Waals surface area (Å²) in [6.07, 6.45) is 1.25. The van der Waals surface area contributed by atoms with E-state index in [2.05, 4.69) is 90.1 Å². The zero-order valence-corrected chi connectivity index (χ0v) is 29.0. The molecule has 0 aliphatic rings. The Bertz CT molecular complexity index is 556. The first-order chi connectivity index (χ1) is 12.0. The van der Waals surface area contributed by atoms with Gasteiger partial charge in [-0.05, 0) is 49.9 Å². The van der Waals surface area contributed by atoms with Crippen LogP contribution in [0.4, 0.5) is 0 Å². The van der Waals surface area contributed by atoms with Gasteiger partial charge in [-0.2, -0.15) is 0 Å². The van der Waals surface area contributed by atoms with Crippen molar-refractivity contribution in [1.82, 2.24) is 0 Å². The second kappa shape index (κ2) is 32.2. The number of hydrogen-bond donors (Lipinski definition) is 0. The summed E-state index contributed by atoms with van der Waals surface area (Å²) in [5.41, 5.74) is 5.47. The van der Waals surface area contributed by atoms with E-state index in [1.54, 1.807) is 0 Å². The molecule has 0 aliphatic heterocycles. The maximum absolute atomic E-state index is 2.12. The third kappa shape index (κ3) is 27.0. The Morgan fingerprint density at radius 2 is 0.533 bits per heavy atom. The third-order valence-corrected chi connectivity index (χ3v) is 3.52. The van der Waals surface area contributed by atoms with Crippen LogP contribution in [0.3, 0.4) is 0 Å². The average Bonchev–Trinajstić information content (AvgIpc) is 2.63. The van der Waals surface area contributed by atoms with Gasteiger partial charge in [-0.15, -0.1) is 0 Å². The smallest absolute Gasteiger partial charge is 0 e. The zero-order valence-electron chi connectivity index (χ0n) is 20.5. The molecule has 0 atom stereocenters. The van der Waals surface area contributed by atoms with Crippen molar-refractivity contribution in [3.63, 3.8) is 0 Å². The van der Waals surface area contributed by atoms with Gasteiger partial charge in [0.1, 0.15) is 0 Å². The Balaban J connectivity index is -0.0000000631. The van der Waals surface area contributed by atoms with Gasteiger partial charge in [-0.25, -0.2) is 0 Å². The summed E-state index contributed by atoms with van der Waals surface area (Å²) in [6, 6.07) is 28.7. The molecule has 159 valence electrons. The van der Waals surface area contributed by atoms with Crippen molar-refractivity contribution in [2.75, 3.05) is 0 Å². The fourth-order valence-electron chi connectivity index (χ4n) is 1.71. The largest absolute Gasteiger partial charge is 0.358 e. The van der Waals surface area contributed by atoms with Gasteiger partial charge in [-0.3, -0.25) is 0 Å². The number of aryl methyl sites for hydroxylation is 4. The molecule has 3 rings (SSSR count). The van der Waals surface area contributed by atoms with Gasteiger partial charge in [0.25, 0.3) is 0 Å². The molecule has 0 fully saturated rings. The fraction of sp³-hybridized carbons (Fsp3) is 0.259. The van der Waals surface area contributed by atoms with E-state index in [0.717, 1.165) is 0 Å². The Hall–Kier alpha value is 0.972. The molecule has 0 aromatic heterocycles. The fourth-order valence-corrected chi connectivity index (χ4v) is 1.71. The molecular weight excluding hydrogens is 591 g/mol. The van der Waals surface area contributed by atoms with Crippen molar-refractivity contribution in [3.8, 4) is 0 Å². The third-order valence-electron chi connectivity index (χ3n) is 3.52. The Morgan fingerprint density at radius 1 is 0.400 bits per heavy atom. The minimum Gasteiger partial charge on any atom is -0.358 e. The molecule has 0 saturated heterocycles. The van der Waals surface area contributed by atoms with Crippen LogP contribution in [-0.2, 0) is 98.1 Å². The predicted octanol–water partition coefficient (Wildman–Crippen LogP) is 8.60. The van der Waals surface area contributed by atoms with Crippen LogP contribution in [-0.4, -0.2) is 0 Å². The van der Waals surface area contributed by atoms with Crippen molar-refractivity contribution in [1.29, 1.82) is 0 Å². The molecule has 0 unspecified atom stereocenters. The number of rotatable bonds is 0. The monoisotopic (exact) mass is 631 g/mol. The normalized spacial score (nSPS) is 7.13. The SMILES string of the molecule is CCC.Cc1ccccc1C.Cc1ccccc1C.[CH3-].[CH3-].[Y].[Y].[Y].c1ccccc1. The molecule has 0 saturated carbocycles. The minimum atomic E-state index is 0. The second-order valence-electron chi connectivity index (χ2n) is 6.03. The summed E-state index contributed by atoms with van der Waals surface area (Å²) in [7, 11) is 0. The molecule has 3 radical (unpaired) electrons. The summed E-state index contributed by atoms with van der Waals surface area (Å²) in [5, 5.41) is 0. The van der Waals surface area contributed by atoms with Crippen LogP contribution < -0.4 is 0 Å². The molecule has 0 bridgehead atoms. The Labute approximate surface area is 264 Å². The summed E-state index contributed by atoms with van der Waals surface area (Å²) in [5.74, 6) is 0. The van der Waals surface area contributed by atoms with Crippen LogP contribution in [0.1, 0.15) is 42.5 Å². The Morgan fingerprint density at radius 3 is 0.633 bits per heavy atom. The van der Waals surface area contributed by atoms with Gasteiger partial charge in [0.05, 0.1) is 0 Å². The van der Waals surface area contributed by atoms with E-state index >= 15 is 0 Å². The van der Waals surface area contributed by atoms with Crippen molar-refractivity contribution in [2.24, 2.45) is 0 Å². The van der Waals surface area contributed by atoms with E-state index in [-0.39, 0.29) is 113 Å². The molecule has 0 aliphatic carbocycles. The van der Waals surface area contributed by atoms with Crippen LogP contribution in [0.25, 0.3) is 0 Å². The molecule has 3 heteroatoms. The molecule has 0 heterocycles. The average molecular weight is 631 g/mol. The van der Waals surface area contributed by atoms with Crippen molar-refractivity contribution in [2.45, 2.75) is 48.0 Å². The van der Waals surface area contributed by atoms with Crippen LogP contribution >= 0.6 is 0 Å². The summed E-state index contributed by atoms with van der Waals surface area (Å²) in [6.45, 7) is 12.7. The molecule has 3 aromatic rings. The van der Waals surface area contributed by atoms with Gasteiger partial charge >= 0.3 is 0 Å². The van der Waals surface area contributed by atoms with Crippen LogP contribution in [0.5, 0.6) is 0 Å². The second-order valence-corrected chi connectivity index (χ2v) is 6.03. The van der Waals surface area contributed by atoms with Crippen molar-refractivity contribution < 1.29 is 98.1 Å². The molecule has 0 spiro atoms. The minimum absolute atomic E-state index is 0. The van der Waals surface area contributed by atoms with E-state index in [1.165, 1.54) is 28.7 Å². The Kier molecular flexibility index (Phi) is 47.8. The zero-order chi connectivity index (χ0) is 18.9. The first-order valence-electron chi connectivity index (χ1n) is 9.07. The van der Waals surface area contributed by atoms with Gasteiger partial charge in [0.2, 0.25) is 0 Å². The quantitative estimate of drug-likeness (QED) is 0.218. The van der Waals surface area contributed by atoms with Gasteiger partial charge in [0, 0.05) is 98.1 Å². The molecule has 0 amide bonds. The van der Waals surface area contributed by atoms with E-state index in [4.69, 9.17) is 0 Å². The molecule has 0 N–H and O–H groups in total. The predicted molar refractivity (Wildman–Crippen MR) is 127 cm³/mol. The number of hydrogen-bond acceptors (Lipinski definition) is 0. The number of benzene rings is 3. The maximum Gasteiger partial charge on any atom is 0 e. The first kappa shape index (κ1) is 44.6. The molecule has 3 aromatic carbocycles. The summed E-state index contributed by atoms with van der Waals surface area (Å²) >= 11 is 0. The van der Waals surface area contributed by atoms with Gasteiger partial charge in [0.15, 0.2) is 0 Å². The van der Waals surface area contributed by atoms with Crippen molar-refractivity contribution in [3.05, 3.63) is 122 Å². The van der Waals surface area contributed by atoms with Gasteiger partial charge in [-0.1, -0.05) is 105 Å². The molecule has 0 nitrogen and oxygen atoms in total. The van der Waals surface area contributed by atoms with Crippen LogP contribution in [0, 0.1) is 42.5 Å². The van der Waals surface area contributed by atoms with Gasteiger partial charge < -0.3 is 14.9 Å². The van der Waals surface area contributed by atoms with E-state index in [0.29, 0.717) is 0 Å². The van der Waals surface area contributed by atoms with Crippen LogP contribution in [0.2, 0.25) is 0 Å². The molecule has 30 heavy (non-hydrogen) atoms. The summed E-state index contributed by atoms with van der Waals surface area (Å²) in [4.78, 5) is 0. The van der Waals surface area contributed by atoms with E-state index in [1.807, 2.05) is 36.4 Å². The topological polar surface area (TPSA) is 0 Å². The van der Waals surface area contributed by atoms with Crippen molar-refractivity contribution >= 4 is 0 Å². The first-order valence-corrected chi connectivity index (χ1v) is 9.07. The van der Waals surface area contributed by atoms with E-state index in [9.17, 15) is 0 Å². The van der Waals surface area contributed by atoms with Crippen LogP contribution in [0.15, 0.2) is 84.9 Å². The standard InChI is InChI=1S/2C8H10.C6H6.C3H8.2CH3.3Y/c2*1-7-5-3-4-6-8(7)2;1-2-4-6-5-3-1;1-3-2;;;;;/h2*3-6H,1-2H3;1-6H;3H2,1-2H3;2*1H3;;;/q;;;;2*-1;;;. The summed E-state index contributed by atoms with van der Waals surface area (Å²) < 4.78 is 0.